The molecule has 0 aliphatic carbocycles. The van der Waals surface area contributed by atoms with E-state index in [9.17, 15) is 39.5 Å². The monoisotopic (exact) mass is 783 g/mol. The van der Waals surface area contributed by atoms with Crippen LogP contribution in [0.25, 0.3) is 25.1 Å². The van der Waals surface area contributed by atoms with Gasteiger partial charge < -0.3 is 14.2 Å². The van der Waals surface area contributed by atoms with Crippen LogP contribution in [-0.4, -0.2) is 0 Å². The fraction of sp³-hybridized carbons (Fsp3) is 0.143. The molecule has 0 saturated carbocycles. The summed E-state index contributed by atoms with van der Waals surface area (Å²) in [5, 5.41) is 1.68. The first kappa shape index (κ1) is 37.6. The maximum absolute atomic E-state index is 13.0. The summed E-state index contributed by atoms with van der Waals surface area (Å²) < 4.78 is 137. The number of benzene rings is 6. The molecule has 0 aliphatic rings. The molecule has 13 heteroatoms. The van der Waals surface area contributed by atoms with E-state index in [1.54, 1.807) is 24.3 Å². The summed E-state index contributed by atoms with van der Waals surface area (Å²) in [5.74, 6) is 1.49. The molecule has 0 unspecified atom stereocenters. The normalized spacial score (nSPS) is 12.3. The number of ether oxygens (including phenoxy) is 3. The largest absolute Gasteiger partial charge is 0.489 e. The van der Waals surface area contributed by atoms with Gasteiger partial charge in [0.2, 0.25) is 0 Å². The van der Waals surface area contributed by atoms with Crippen molar-refractivity contribution >= 4 is 30.6 Å². The minimum atomic E-state index is -4.45. The molecule has 7 rings (SSSR count). The summed E-state index contributed by atoms with van der Waals surface area (Å²) in [7, 11) is -0.605. The van der Waals surface area contributed by atoms with Crippen LogP contribution in [0.4, 0.5) is 39.5 Å². The smallest absolute Gasteiger partial charge is 0.416 e. The summed E-state index contributed by atoms with van der Waals surface area (Å²) in [4.78, 5) is 0.943. The average Bonchev–Trinajstić information content (AvgIpc) is 3.48. The topological polar surface area (TPSA) is 27.7 Å². The highest BCUT2D eigenvalue weighted by Gasteiger charge is 2.32. The number of halogens is 9. The Morgan fingerprint density at radius 2 is 0.673 bits per heavy atom. The van der Waals surface area contributed by atoms with Crippen LogP contribution in [0.15, 0.2) is 133 Å². The van der Waals surface area contributed by atoms with Crippen molar-refractivity contribution in [2.24, 2.45) is 0 Å². The van der Waals surface area contributed by atoms with Crippen molar-refractivity contribution < 1.29 is 53.7 Å². The Kier molecular flexibility index (Phi) is 10.2. The molecule has 0 amide bonds. The van der Waals surface area contributed by atoms with Crippen LogP contribution in [0.1, 0.15) is 33.4 Å². The van der Waals surface area contributed by atoms with Gasteiger partial charge in [-0.15, -0.1) is 0 Å². The third-order valence-electron chi connectivity index (χ3n) is 8.75. The number of rotatable bonds is 10. The number of fused-ring (bicyclic) bond motifs is 3. The lowest BCUT2D eigenvalue weighted by Gasteiger charge is -2.09. The standard InChI is InChI=1S/C42H28F9O3S/c43-40(44,45)29-7-1-26(2-8-29)23-52-32-13-17-35(18-14-32)55-38-19-15-33(53-24-27-3-9-30(10-4-27)41(46,47)48)21-36(38)37-22-34(16-20-39(37)55)54-25-28-5-11-31(12-6-28)42(49,50)51/h1-22H,23-25H2/q+1. The lowest BCUT2D eigenvalue weighted by atomic mass is 10.1. The molecule has 6 aromatic carbocycles. The second kappa shape index (κ2) is 14.9. The Labute approximate surface area is 311 Å². The van der Waals surface area contributed by atoms with Gasteiger partial charge in [0, 0.05) is 34.7 Å². The zero-order chi connectivity index (χ0) is 39.0. The Morgan fingerprint density at radius 3 is 1.00 bits per heavy atom. The van der Waals surface area contributed by atoms with E-state index in [1.807, 2.05) is 36.4 Å². The third kappa shape index (κ3) is 8.67. The van der Waals surface area contributed by atoms with Crippen LogP contribution < -0.4 is 14.2 Å². The van der Waals surface area contributed by atoms with E-state index < -0.39 is 45.7 Å². The third-order valence-corrected chi connectivity index (χ3v) is 11.1. The van der Waals surface area contributed by atoms with Gasteiger partial charge >= 0.3 is 18.5 Å². The average molecular weight is 784 g/mol. The molecule has 0 aliphatic heterocycles. The summed E-state index contributed by atoms with van der Waals surface area (Å²) in [5.41, 5.74) is -0.582. The van der Waals surface area contributed by atoms with Crippen LogP contribution >= 0.6 is 10.5 Å². The minimum Gasteiger partial charge on any atom is -0.489 e. The van der Waals surface area contributed by atoms with Crippen molar-refractivity contribution in [2.45, 2.75) is 38.3 Å². The second-order valence-electron chi connectivity index (χ2n) is 12.5. The number of thiophene rings is 1. The summed E-state index contributed by atoms with van der Waals surface area (Å²) in [6, 6.07) is 32.7. The maximum Gasteiger partial charge on any atom is 0.416 e. The number of hydrogen-bond acceptors (Lipinski definition) is 3. The van der Waals surface area contributed by atoms with E-state index in [0.717, 1.165) is 61.5 Å². The minimum absolute atomic E-state index is 0.0275. The van der Waals surface area contributed by atoms with E-state index in [-0.39, 0.29) is 19.8 Å². The predicted molar refractivity (Wildman–Crippen MR) is 193 cm³/mol. The van der Waals surface area contributed by atoms with Crippen LogP contribution in [-0.2, 0) is 38.3 Å². The number of alkyl halides is 9. The van der Waals surface area contributed by atoms with Gasteiger partial charge in [-0.05, 0) is 89.5 Å². The van der Waals surface area contributed by atoms with E-state index in [4.69, 9.17) is 14.2 Å². The number of hydrogen-bond donors (Lipinski definition) is 0. The van der Waals surface area contributed by atoms with Crippen molar-refractivity contribution in [3.8, 4) is 22.1 Å². The molecular formula is C42H28F9O3S+. The molecule has 3 nitrogen and oxygen atoms in total. The van der Waals surface area contributed by atoms with Gasteiger partial charge in [0.25, 0.3) is 0 Å². The predicted octanol–water partition coefficient (Wildman–Crippen LogP) is 13.5. The van der Waals surface area contributed by atoms with Gasteiger partial charge in [0.15, 0.2) is 14.3 Å². The van der Waals surface area contributed by atoms with Gasteiger partial charge in [-0.25, -0.2) is 0 Å². The summed E-state index contributed by atoms with van der Waals surface area (Å²) >= 11 is 0. The van der Waals surface area contributed by atoms with Crippen molar-refractivity contribution in [3.05, 3.63) is 167 Å². The molecule has 1 heterocycles. The molecule has 0 fully saturated rings. The van der Waals surface area contributed by atoms with Gasteiger partial charge in [-0.1, -0.05) is 36.4 Å². The van der Waals surface area contributed by atoms with Gasteiger partial charge in [0.05, 0.1) is 27.5 Å². The van der Waals surface area contributed by atoms with Crippen molar-refractivity contribution in [1.29, 1.82) is 0 Å². The van der Waals surface area contributed by atoms with Gasteiger partial charge in [-0.3, -0.25) is 0 Å². The summed E-state index contributed by atoms with van der Waals surface area (Å²) in [6.07, 6.45) is -13.3. The molecule has 0 spiro atoms. The highest BCUT2D eigenvalue weighted by Crippen LogP contribution is 2.50. The van der Waals surface area contributed by atoms with E-state index in [2.05, 4.69) is 0 Å². The van der Waals surface area contributed by atoms with E-state index >= 15 is 0 Å². The zero-order valence-corrected chi connectivity index (χ0v) is 29.2. The van der Waals surface area contributed by atoms with E-state index in [0.29, 0.717) is 33.9 Å². The van der Waals surface area contributed by atoms with Gasteiger partial charge in [-0.2, -0.15) is 39.5 Å². The Hall–Kier alpha value is -5.69. The first-order valence-electron chi connectivity index (χ1n) is 16.6. The maximum atomic E-state index is 13.0. The molecule has 0 bridgehead atoms. The van der Waals surface area contributed by atoms with Crippen LogP contribution in [0.3, 0.4) is 0 Å². The van der Waals surface area contributed by atoms with Crippen molar-refractivity contribution in [2.75, 3.05) is 0 Å². The molecule has 282 valence electrons. The van der Waals surface area contributed by atoms with E-state index in [1.165, 1.54) is 36.4 Å². The Bertz CT molecular complexity index is 2300. The highest BCUT2D eigenvalue weighted by molar-refractivity contribution is 7.50. The fourth-order valence-corrected chi connectivity index (χ4v) is 8.23. The lowest BCUT2D eigenvalue weighted by molar-refractivity contribution is -0.138. The molecule has 0 atom stereocenters. The summed E-state index contributed by atoms with van der Waals surface area (Å²) in [6.45, 7) is 0.124. The zero-order valence-electron chi connectivity index (χ0n) is 28.4. The SMILES string of the molecule is FC(F)(F)c1ccc(COc2ccc(-[s+]3c4ccc(OCc5ccc(C(F)(F)F)cc5)cc4c4cc(OCc5ccc(C(F)(F)F)cc5)ccc43)cc2)cc1. The molecule has 1 aromatic heterocycles. The molecular weight excluding hydrogens is 756 g/mol. The van der Waals surface area contributed by atoms with Crippen molar-refractivity contribution in [1.82, 2.24) is 0 Å². The van der Waals surface area contributed by atoms with Gasteiger partial charge in [0.1, 0.15) is 37.1 Å². The van der Waals surface area contributed by atoms with Crippen LogP contribution in [0, 0.1) is 0 Å². The lowest BCUT2D eigenvalue weighted by Crippen LogP contribution is -2.05. The Balaban J connectivity index is 1.16. The quantitative estimate of drug-likeness (QED) is 0.102. The molecule has 0 saturated heterocycles. The fourth-order valence-electron chi connectivity index (χ4n) is 5.89. The first-order chi connectivity index (χ1) is 26.1. The highest BCUT2D eigenvalue weighted by atomic mass is 32.2. The van der Waals surface area contributed by atoms with Crippen LogP contribution in [0.5, 0.6) is 17.2 Å². The van der Waals surface area contributed by atoms with Crippen molar-refractivity contribution in [3.63, 3.8) is 0 Å². The first-order valence-corrected chi connectivity index (χ1v) is 17.8. The second-order valence-corrected chi connectivity index (χ2v) is 14.5. The molecule has 0 radical (unpaired) electrons. The van der Waals surface area contributed by atoms with Crippen LogP contribution in [0.2, 0.25) is 0 Å². The Morgan fingerprint density at radius 1 is 0.364 bits per heavy atom. The molecule has 55 heavy (non-hydrogen) atoms. The molecule has 0 N–H and O–H groups in total. The molecule has 7 aromatic rings.